The number of aromatic nitrogens is 2. The largest absolute Gasteiger partial charge is 0.451 e. The summed E-state index contributed by atoms with van der Waals surface area (Å²) in [6.45, 7) is 1.99. The van der Waals surface area contributed by atoms with E-state index in [1.165, 1.54) is 0 Å². The molecule has 0 spiro atoms. The number of nitrogens with zero attached hydrogens (tertiary/aromatic N) is 2. The van der Waals surface area contributed by atoms with E-state index in [2.05, 4.69) is 26.1 Å². The molecule has 0 aliphatic heterocycles. The summed E-state index contributed by atoms with van der Waals surface area (Å²) in [4.78, 5) is 4.44. The molecule has 5 nitrogen and oxygen atoms in total. The van der Waals surface area contributed by atoms with Crippen LogP contribution in [-0.2, 0) is 5.54 Å². The maximum atomic E-state index is 6.23. The van der Waals surface area contributed by atoms with Crippen LogP contribution in [0.5, 0.6) is 0 Å². The average Bonchev–Trinajstić information content (AvgIpc) is 3.02. The third-order valence-electron chi connectivity index (χ3n) is 4.21. The van der Waals surface area contributed by atoms with Gasteiger partial charge < -0.3 is 14.7 Å². The van der Waals surface area contributed by atoms with Crippen LogP contribution < -0.4 is 5.73 Å². The summed E-state index contributed by atoms with van der Waals surface area (Å²) in [5.41, 5.74) is 7.59. The summed E-state index contributed by atoms with van der Waals surface area (Å²) in [6, 6.07) is 5.88. The van der Waals surface area contributed by atoms with Gasteiger partial charge in [0.1, 0.15) is 5.58 Å². The number of hydrogen-bond donors (Lipinski definition) is 1. The number of benzene rings is 1. The first-order valence-electron chi connectivity index (χ1n) is 6.89. The number of rotatable bonds is 2. The third kappa shape index (κ3) is 2.26. The van der Waals surface area contributed by atoms with Crippen LogP contribution in [0.3, 0.4) is 0 Å². The van der Waals surface area contributed by atoms with Gasteiger partial charge in [-0.3, -0.25) is 0 Å². The first-order valence-corrected chi connectivity index (χ1v) is 7.68. The van der Waals surface area contributed by atoms with Gasteiger partial charge in [-0.2, -0.15) is 4.98 Å². The molecule has 0 atom stereocenters. The van der Waals surface area contributed by atoms with E-state index in [1.807, 2.05) is 25.1 Å². The minimum atomic E-state index is -0.426. The van der Waals surface area contributed by atoms with Gasteiger partial charge in [0.05, 0.1) is 5.54 Å². The number of hydrogen-bond acceptors (Lipinski definition) is 5. The van der Waals surface area contributed by atoms with Crippen molar-refractivity contribution >= 4 is 39.3 Å². The smallest absolute Gasteiger partial charge is 0.294 e. The molecule has 0 amide bonds. The molecule has 1 aliphatic carbocycles. The van der Waals surface area contributed by atoms with Crippen LogP contribution in [-0.4, -0.2) is 10.1 Å². The highest BCUT2D eigenvalue weighted by Crippen LogP contribution is 2.39. The summed E-state index contributed by atoms with van der Waals surface area (Å²) in [5, 5.41) is 5.07. The Morgan fingerprint density at radius 3 is 2.77 bits per heavy atom. The fourth-order valence-electron chi connectivity index (χ4n) is 2.70. The van der Waals surface area contributed by atoms with E-state index in [-0.39, 0.29) is 12.4 Å². The van der Waals surface area contributed by atoms with E-state index in [1.54, 1.807) is 0 Å². The highest BCUT2D eigenvalue weighted by atomic mass is 79.9. The average molecular weight is 385 g/mol. The Hall–Kier alpha value is -1.37. The van der Waals surface area contributed by atoms with Crippen molar-refractivity contribution in [1.82, 2.24) is 10.1 Å². The summed E-state index contributed by atoms with van der Waals surface area (Å²) in [7, 11) is 0. The molecule has 0 saturated heterocycles. The molecule has 0 unspecified atom stereocenters. The topological polar surface area (TPSA) is 78.1 Å². The second-order valence-electron chi connectivity index (χ2n) is 5.63. The predicted molar refractivity (Wildman–Crippen MR) is 88.9 cm³/mol. The Balaban J connectivity index is 0.00000144. The van der Waals surface area contributed by atoms with Crippen LogP contribution in [0.25, 0.3) is 22.6 Å². The monoisotopic (exact) mass is 383 g/mol. The standard InChI is InChI=1S/C15H14BrN3O2.ClH/c1-8-10-7-9(16)3-4-11(10)20-12(8)13-18-14(19-21-13)15(17)5-2-6-15;/h3-4,7H,2,5-6,17H2,1H3;1H. The number of nitrogens with two attached hydrogens (primary N) is 1. The zero-order valence-electron chi connectivity index (χ0n) is 11.9. The molecule has 1 saturated carbocycles. The molecular weight excluding hydrogens is 370 g/mol. The number of fused-ring (bicyclic) bond motifs is 1. The first-order chi connectivity index (χ1) is 10.1. The van der Waals surface area contributed by atoms with E-state index >= 15 is 0 Å². The van der Waals surface area contributed by atoms with Crippen molar-refractivity contribution in [1.29, 1.82) is 0 Å². The Labute approximate surface area is 141 Å². The van der Waals surface area contributed by atoms with E-state index in [4.69, 9.17) is 14.7 Å². The number of aryl methyl sites for hydroxylation is 1. The molecule has 2 aromatic heterocycles. The van der Waals surface area contributed by atoms with Crippen molar-refractivity contribution < 1.29 is 8.94 Å². The van der Waals surface area contributed by atoms with Crippen molar-refractivity contribution in [3.63, 3.8) is 0 Å². The SMILES string of the molecule is Cc1c(-c2nc(C3(N)CCC3)no2)oc2ccc(Br)cc12.Cl. The zero-order chi connectivity index (χ0) is 14.6. The lowest BCUT2D eigenvalue weighted by Gasteiger charge is -2.34. The molecule has 1 aromatic carbocycles. The van der Waals surface area contributed by atoms with Crippen molar-refractivity contribution in [3.8, 4) is 11.7 Å². The minimum absolute atomic E-state index is 0. The predicted octanol–water partition coefficient (Wildman–Crippen LogP) is 4.31. The first kappa shape index (κ1) is 15.5. The summed E-state index contributed by atoms with van der Waals surface area (Å²) >= 11 is 3.47. The number of halogens is 2. The highest BCUT2D eigenvalue weighted by molar-refractivity contribution is 9.10. The summed E-state index contributed by atoms with van der Waals surface area (Å²) in [6.07, 6.45) is 2.91. The molecule has 3 aromatic rings. The lowest BCUT2D eigenvalue weighted by molar-refractivity contribution is 0.229. The van der Waals surface area contributed by atoms with Crippen molar-refractivity contribution in [2.45, 2.75) is 31.7 Å². The Morgan fingerprint density at radius 1 is 1.32 bits per heavy atom. The zero-order valence-corrected chi connectivity index (χ0v) is 14.3. The molecule has 116 valence electrons. The molecule has 0 bridgehead atoms. The van der Waals surface area contributed by atoms with Gasteiger partial charge in [-0.1, -0.05) is 21.1 Å². The maximum Gasteiger partial charge on any atom is 0.294 e. The van der Waals surface area contributed by atoms with E-state index in [9.17, 15) is 0 Å². The Kier molecular flexibility index (Phi) is 3.79. The van der Waals surface area contributed by atoms with E-state index < -0.39 is 5.54 Å². The summed E-state index contributed by atoms with van der Waals surface area (Å²) in [5.74, 6) is 1.58. The van der Waals surface area contributed by atoms with Gasteiger partial charge in [0.25, 0.3) is 5.89 Å². The molecule has 7 heteroatoms. The number of furan rings is 1. The molecule has 2 N–H and O–H groups in total. The highest BCUT2D eigenvalue weighted by Gasteiger charge is 2.39. The summed E-state index contributed by atoms with van der Waals surface area (Å²) < 4.78 is 12.2. The normalized spacial score (nSPS) is 16.3. The van der Waals surface area contributed by atoms with Gasteiger partial charge in [-0.15, -0.1) is 12.4 Å². The Bertz CT molecular complexity index is 839. The molecular formula is C15H15BrClN3O2. The minimum Gasteiger partial charge on any atom is -0.451 e. The van der Waals surface area contributed by atoms with Crippen molar-refractivity contribution in [2.24, 2.45) is 5.73 Å². The van der Waals surface area contributed by atoms with Crippen LogP contribution in [0.15, 0.2) is 31.6 Å². The van der Waals surface area contributed by atoms with E-state index in [0.717, 1.165) is 40.3 Å². The third-order valence-corrected chi connectivity index (χ3v) is 4.70. The van der Waals surface area contributed by atoms with Crippen LogP contribution in [0.4, 0.5) is 0 Å². The fourth-order valence-corrected chi connectivity index (χ4v) is 3.06. The van der Waals surface area contributed by atoms with Gasteiger partial charge in [-0.25, -0.2) is 0 Å². The van der Waals surface area contributed by atoms with Gasteiger partial charge in [0, 0.05) is 15.4 Å². The van der Waals surface area contributed by atoms with Gasteiger partial charge in [0.15, 0.2) is 11.6 Å². The van der Waals surface area contributed by atoms with Crippen LogP contribution in [0, 0.1) is 6.92 Å². The van der Waals surface area contributed by atoms with E-state index in [0.29, 0.717) is 17.5 Å². The fraction of sp³-hybridized carbons (Fsp3) is 0.333. The van der Waals surface area contributed by atoms with Crippen molar-refractivity contribution in [2.75, 3.05) is 0 Å². The molecule has 1 aliphatic rings. The second-order valence-corrected chi connectivity index (χ2v) is 6.55. The van der Waals surface area contributed by atoms with Crippen molar-refractivity contribution in [3.05, 3.63) is 34.1 Å². The van der Waals surface area contributed by atoms with Gasteiger partial charge in [0.2, 0.25) is 0 Å². The molecule has 0 radical (unpaired) electrons. The quantitative estimate of drug-likeness (QED) is 0.712. The van der Waals surface area contributed by atoms with Gasteiger partial charge >= 0.3 is 0 Å². The lowest BCUT2D eigenvalue weighted by atomic mass is 9.77. The van der Waals surface area contributed by atoms with Crippen LogP contribution in [0.1, 0.15) is 30.7 Å². The maximum absolute atomic E-state index is 6.23. The molecule has 2 heterocycles. The van der Waals surface area contributed by atoms with Gasteiger partial charge in [-0.05, 0) is 44.4 Å². The molecule has 4 rings (SSSR count). The lowest BCUT2D eigenvalue weighted by Crippen LogP contribution is -2.44. The second kappa shape index (κ2) is 5.37. The Morgan fingerprint density at radius 2 is 2.09 bits per heavy atom. The van der Waals surface area contributed by atoms with Crippen LogP contribution >= 0.6 is 28.3 Å². The molecule has 1 fully saturated rings. The molecule has 22 heavy (non-hydrogen) atoms. The van der Waals surface area contributed by atoms with Crippen LogP contribution in [0.2, 0.25) is 0 Å².